The number of fused-ring (bicyclic) bond motifs is 1. The lowest BCUT2D eigenvalue weighted by atomic mass is 10.0. The zero-order chi connectivity index (χ0) is 18.9. The van der Waals surface area contributed by atoms with Crippen LogP contribution in [0.5, 0.6) is 0 Å². The number of allylic oxidation sites excluding steroid dienone is 1. The first kappa shape index (κ1) is 18.1. The number of nitrogens with one attached hydrogen (secondary N) is 2. The fraction of sp³-hybridized carbons (Fsp3) is 0.0455. The van der Waals surface area contributed by atoms with E-state index in [1.54, 1.807) is 12.1 Å². The molecular weight excluding hydrogens is 338 g/mol. The van der Waals surface area contributed by atoms with Crippen molar-refractivity contribution in [3.8, 4) is 0 Å². The van der Waals surface area contributed by atoms with E-state index in [0.717, 1.165) is 16.3 Å². The van der Waals surface area contributed by atoms with Gasteiger partial charge in [0.25, 0.3) is 11.8 Å². The lowest BCUT2D eigenvalue weighted by molar-refractivity contribution is -0.120. The molecule has 0 radical (unpaired) electrons. The summed E-state index contributed by atoms with van der Waals surface area (Å²) < 4.78 is 0. The van der Waals surface area contributed by atoms with Crippen LogP contribution in [0.25, 0.3) is 16.8 Å². The topological polar surface area (TPSA) is 70.6 Å². The summed E-state index contributed by atoms with van der Waals surface area (Å²) in [6, 6.07) is 22.9. The van der Waals surface area contributed by atoms with E-state index in [4.69, 9.17) is 0 Å². The Bertz CT molecular complexity index is 989. The smallest absolute Gasteiger partial charge is 0.259 e. The molecule has 134 valence electrons. The van der Waals surface area contributed by atoms with Gasteiger partial charge in [0.05, 0.1) is 6.54 Å². The molecule has 0 fully saturated rings. The highest BCUT2D eigenvalue weighted by atomic mass is 16.2. The molecule has 0 atom stereocenters. The first-order valence-corrected chi connectivity index (χ1v) is 8.53. The summed E-state index contributed by atoms with van der Waals surface area (Å²) in [5, 5.41) is 8.26. The maximum absolute atomic E-state index is 12.4. The van der Waals surface area contributed by atoms with Crippen molar-refractivity contribution in [2.45, 2.75) is 0 Å². The number of nitrogens with zero attached hydrogens (tertiary/aromatic N) is 1. The Morgan fingerprint density at radius 1 is 0.889 bits per heavy atom. The second-order valence-corrected chi connectivity index (χ2v) is 5.79. The van der Waals surface area contributed by atoms with E-state index in [9.17, 15) is 9.59 Å². The minimum atomic E-state index is -0.395. The summed E-state index contributed by atoms with van der Waals surface area (Å²) in [5.74, 6) is -0.692. The SMILES string of the molecule is O=C(CNC(=O)c1cccc2ccccc12)N/N=C\C=C\c1ccccc1. The van der Waals surface area contributed by atoms with Gasteiger partial charge in [-0.3, -0.25) is 9.59 Å². The summed E-state index contributed by atoms with van der Waals surface area (Å²) in [7, 11) is 0. The Hall–Kier alpha value is -3.73. The Morgan fingerprint density at radius 3 is 2.48 bits per heavy atom. The monoisotopic (exact) mass is 357 g/mol. The van der Waals surface area contributed by atoms with E-state index in [2.05, 4.69) is 15.8 Å². The van der Waals surface area contributed by atoms with Gasteiger partial charge in [0, 0.05) is 11.8 Å². The van der Waals surface area contributed by atoms with Crippen LogP contribution < -0.4 is 10.7 Å². The van der Waals surface area contributed by atoms with Crippen molar-refractivity contribution in [3.05, 3.63) is 90.0 Å². The zero-order valence-electron chi connectivity index (χ0n) is 14.6. The third-order valence-electron chi connectivity index (χ3n) is 3.88. The van der Waals surface area contributed by atoms with Crippen LogP contribution in [0, 0.1) is 0 Å². The number of benzene rings is 3. The number of carbonyl (C=O) groups excluding carboxylic acids is 2. The summed E-state index contributed by atoms with van der Waals surface area (Å²) in [5.41, 5.74) is 3.95. The second kappa shape index (κ2) is 9.10. The van der Waals surface area contributed by atoms with Gasteiger partial charge in [0.2, 0.25) is 0 Å². The highest BCUT2D eigenvalue weighted by Gasteiger charge is 2.10. The average Bonchev–Trinajstić information content (AvgIpc) is 2.72. The Morgan fingerprint density at radius 2 is 1.63 bits per heavy atom. The molecule has 3 aromatic rings. The van der Waals surface area contributed by atoms with Crippen LogP contribution in [0.4, 0.5) is 0 Å². The maximum Gasteiger partial charge on any atom is 0.259 e. The van der Waals surface area contributed by atoms with Gasteiger partial charge >= 0.3 is 0 Å². The highest BCUT2D eigenvalue weighted by molar-refractivity contribution is 6.07. The van der Waals surface area contributed by atoms with Gasteiger partial charge in [-0.15, -0.1) is 0 Å². The molecule has 0 heterocycles. The third kappa shape index (κ3) is 5.12. The number of rotatable bonds is 6. The summed E-state index contributed by atoms with van der Waals surface area (Å²) in [6.45, 7) is -0.151. The average molecular weight is 357 g/mol. The summed E-state index contributed by atoms with van der Waals surface area (Å²) in [4.78, 5) is 24.2. The molecule has 0 aliphatic heterocycles. The lowest BCUT2D eigenvalue weighted by Gasteiger charge is -2.07. The van der Waals surface area contributed by atoms with Crippen LogP contribution >= 0.6 is 0 Å². The predicted octanol–water partition coefficient (Wildman–Crippen LogP) is 3.39. The summed E-state index contributed by atoms with van der Waals surface area (Å²) >= 11 is 0. The number of carbonyl (C=O) groups is 2. The molecule has 0 saturated heterocycles. The van der Waals surface area contributed by atoms with Gasteiger partial charge in [0.1, 0.15) is 0 Å². The van der Waals surface area contributed by atoms with E-state index in [1.165, 1.54) is 6.21 Å². The zero-order valence-corrected chi connectivity index (χ0v) is 14.6. The van der Waals surface area contributed by atoms with Crippen molar-refractivity contribution >= 4 is 34.9 Å². The third-order valence-corrected chi connectivity index (χ3v) is 3.88. The van der Waals surface area contributed by atoms with E-state index in [-0.39, 0.29) is 12.5 Å². The lowest BCUT2D eigenvalue weighted by Crippen LogP contribution is -2.34. The van der Waals surface area contributed by atoms with E-state index in [1.807, 2.05) is 72.8 Å². The van der Waals surface area contributed by atoms with E-state index < -0.39 is 5.91 Å². The van der Waals surface area contributed by atoms with E-state index in [0.29, 0.717) is 5.56 Å². The molecule has 2 amide bonds. The highest BCUT2D eigenvalue weighted by Crippen LogP contribution is 2.18. The first-order chi connectivity index (χ1) is 13.2. The van der Waals surface area contributed by atoms with Crippen molar-refractivity contribution in [1.29, 1.82) is 0 Å². The minimum Gasteiger partial charge on any atom is -0.343 e. The first-order valence-electron chi connectivity index (χ1n) is 8.53. The van der Waals surface area contributed by atoms with Crippen LogP contribution in [-0.2, 0) is 4.79 Å². The molecule has 0 saturated carbocycles. The fourth-order valence-corrected chi connectivity index (χ4v) is 2.59. The number of hydrazone groups is 1. The number of hydrogen-bond donors (Lipinski definition) is 2. The van der Waals surface area contributed by atoms with E-state index >= 15 is 0 Å². The fourth-order valence-electron chi connectivity index (χ4n) is 2.59. The second-order valence-electron chi connectivity index (χ2n) is 5.79. The molecule has 27 heavy (non-hydrogen) atoms. The Balaban J connectivity index is 1.49. The van der Waals surface area contributed by atoms with Crippen LogP contribution in [0.2, 0.25) is 0 Å². The summed E-state index contributed by atoms with van der Waals surface area (Å²) in [6.07, 6.45) is 5.08. The van der Waals surface area contributed by atoms with Crippen molar-refractivity contribution in [2.24, 2.45) is 5.10 Å². The Kier molecular flexibility index (Phi) is 6.09. The molecule has 0 bridgehead atoms. The molecule has 3 aromatic carbocycles. The molecule has 5 nitrogen and oxygen atoms in total. The van der Waals surface area contributed by atoms with Gasteiger partial charge < -0.3 is 5.32 Å². The molecule has 0 spiro atoms. The molecule has 2 N–H and O–H groups in total. The van der Waals surface area contributed by atoms with Crippen LogP contribution in [0.15, 0.2) is 84.0 Å². The van der Waals surface area contributed by atoms with Crippen molar-refractivity contribution < 1.29 is 9.59 Å². The predicted molar refractivity (Wildman–Crippen MR) is 108 cm³/mol. The van der Waals surface area contributed by atoms with Gasteiger partial charge in [-0.05, 0) is 28.5 Å². The molecule has 3 rings (SSSR count). The van der Waals surface area contributed by atoms with Crippen LogP contribution in [0.1, 0.15) is 15.9 Å². The molecule has 0 unspecified atom stereocenters. The van der Waals surface area contributed by atoms with Gasteiger partial charge in [-0.25, -0.2) is 5.43 Å². The molecular formula is C22H19N3O2. The van der Waals surface area contributed by atoms with Crippen molar-refractivity contribution in [3.63, 3.8) is 0 Å². The van der Waals surface area contributed by atoms with Gasteiger partial charge in [-0.1, -0.05) is 72.8 Å². The molecule has 5 heteroatoms. The maximum atomic E-state index is 12.4. The largest absolute Gasteiger partial charge is 0.343 e. The normalized spacial score (nSPS) is 11.1. The molecule has 0 aliphatic carbocycles. The Labute approximate surface area is 157 Å². The molecule has 0 aliphatic rings. The van der Waals surface area contributed by atoms with Crippen molar-refractivity contribution in [2.75, 3.05) is 6.54 Å². The van der Waals surface area contributed by atoms with Crippen molar-refractivity contribution in [1.82, 2.24) is 10.7 Å². The molecule has 0 aromatic heterocycles. The van der Waals surface area contributed by atoms with Crippen LogP contribution in [0.3, 0.4) is 0 Å². The quantitative estimate of drug-likeness (QED) is 0.524. The standard InChI is InChI=1S/C22H19N3O2/c26-21(25-24-15-7-10-17-8-2-1-3-9-17)16-23-22(27)20-14-6-12-18-11-4-5-13-19(18)20/h1-15H,16H2,(H,23,27)(H,25,26)/b10-7+,24-15-. The van der Waals surface area contributed by atoms with Gasteiger partial charge in [0.15, 0.2) is 0 Å². The number of amides is 2. The van der Waals surface area contributed by atoms with Gasteiger partial charge in [-0.2, -0.15) is 5.10 Å². The minimum absolute atomic E-state index is 0.151. The van der Waals surface area contributed by atoms with Crippen LogP contribution in [-0.4, -0.2) is 24.6 Å². The number of hydrogen-bond acceptors (Lipinski definition) is 3.